The summed E-state index contributed by atoms with van der Waals surface area (Å²) >= 11 is 1.46. The van der Waals surface area contributed by atoms with Gasteiger partial charge in [-0.05, 0) is 36.4 Å². The Labute approximate surface area is 184 Å². The average Bonchev–Trinajstić information content (AvgIpc) is 2.94. The van der Waals surface area contributed by atoms with Crippen LogP contribution in [0.2, 0.25) is 0 Å². The number of hydrogen-bond donors (Lipinski definition) is 0. The Bertz CT molecular complexity index is 1120. The fraction of sp³-hybridized carbons (Fsp3) is 0.217. The van der Waals surface area contributed by atoms with E-state index < -0.39 is 0 Å². The topological polar surface area (TPSA) is 69.6 Å². The molecule has 0 radical (unpaired) electrons. The second kappa shape index (κ2) is 8.39. The zero-order valence-electron chi connectivity index (χ0n) is 16.8. The van der Waals surface area contributed by atoms with E-state index in [1.165, 1.54) is 11.8 Å². The average molecular weight is 432 g/mol. The van der Waals surface area contributed by atoms with E-state index in [-0.39, 0.29) is 18.4 Å². The molecule has 31 heavy (non-hydrogen) atoms. The van der Waals surface area contributed by atoms with Crippen LogP contribution in [-0.2, 0) is 4.79 Å². The minimum Gasteiger partial charge on any atom is -0.353 e. The Kier molecular flexibility index (Phi) is 5.30. The molecular formula is C23H21N5O2S. The number of carbonyl (C=O) groups is 2. The molecule has 7 nitrogen and oxygen atoms in total. The van der Waals surface area contributed by atoms with Crippen molar-refractivity contribution in [2.45, 2.75) is 9.92 Å². The number of hydrogen-bond acceptors (Lipinski definition) is 6. The van der Waals surface area contributed by atoms with E-state index in [0.717, 1.165) is 15.7 Å². The summed E-state index contributed by atoms with van der Waals surface area (Å²) in [6.45, 7) is 2.63. The molecule has 5 rings (SSSR count). The van der Waals surface area contributed by atoms with Gasteiger partial charge in [0.1, 0.15) is 17.4 Å². The van der Waals surface area contributed by atoms with Crippen LogP contribution in [0, 0.1) is 0 Å². The van der Waals surface area contributed by atoms with Gasteiger partial charge < -0.3 is 9.80 Å². The highest BCUT2D eigenvalue weighted by atomic mass is 32.2. The van der Waals surface area contributed by atoms with Crippen molar-refractivity contribution < 1.29 is 9.59 Å². The van der Waals surface area contributed by atoms with Crippen molar-refractivity contribution in [1.29, 1.82) is 0 Å². The summed E-state index contributed by atoms with van der Waals surface area (Å²) < 4.78 is 0. The molecule has 0 spiro atoms. The van der Waals surface area contributed by atoms with E-state index in [4.69, 9.17) is 0 Å². The molecule has 8 heteroatoms. The first-order valence-electron chi connectivity index (χ1n) is 10.2. The smallest absolute Gasteiger partial charge is 0.259 e. The van der Waals surface area contributed by atoms with Gasteiger partial charge in [0.05, 0.1) is 11.3 Å². The standard InChI is InChI=1S/C23H21N5O2S/c29-21(27-14-12-26(13-15-27)20-9-3-4-10-24-20)16-28-18-7-5-11-25-22(18)31-19-8-2-1-6-17(19)23(28)30/h1-11H,12-16H2. The highest BCUT2D eigenvalue weighted by Gasteiger charge is 2.31. The molecule has 3 aromatic rings. The number of pyridine rings is 2. The third-order valence-electron chi connectivity index (χ3n) is 5.51. The van der Waals surface area contributed by atoms with Gasteiger partial charge in [0.15, 0.2) is 0 Å². The molecule has 156 valence electrons. The molecule has 1 aromatic carbocycles. The summed E-state index contributed by atoms with van der Waals surface area (Å²) in [4.78, 5) is 41.8. The van der Waals surface area contributed by atoms with Gasteiger partial charge in [-0.3, -0.25) is 14.5 Å². The number of aromatic nitrogens is 2. The summed E-state index contributed by atoms with van der Waals surface area (Å²) in [6.07, 6.45) is 3.49. The zero-order valence-corrected chi connectivity index (χ0v) is 17.7. The molecule has 1 saturated heterocycles. The van der Waals surface area contributed by atoms with E-state index in [1.807, 2.05) is 47.4 Å². The van der Waals surface area contributed by atoms with E-state index in [1.54, 1.807) is 29.4 Å². The van der Waals surface area contributed by atoms with Gasteiger partial charge in [-0.1, -0.05) is 30.0 Å². The minimum absolute atomic E-state index is 0.00396. The molecule has 0 aliphatic carbocycles. The van der Waals surface area contributed by atoms with Crippen molar-refractivity contribution in [3.63, 3.8) is 0 Å². The van der Waals surface area contributed by atoms with Gasteiger partial charge in [-0.15, -0.1) is 0 Å². The fourth-order valence-corrected chi connectivity index (χ4v) is 4.89. The highest BCUT2D eigenvalue weighted by Crippen LogP contribution is 2.39. The molecular weight excluding hydrogens is 410 g/mol. The lowest BCUT2D eigenvalue weighted by Crippen LogP contribution is -2.52. The maximum atomic E-state index is 13.4. The molecule has 2 aliphatic heterocycles. The molecule has 0 saturated carbocycles. The SMILES string of the molecule is O=C(CN1C(=O)c2ccccc2Sc2ncccc21)N1CCN(c2ccccn2)CC1. The number of piperazine rings is 1. The zero-order chi connectivity index (χ0) is 21.2. The number of amides is 2. The van der Waals surface area contributed by atoms with Crippen molar-refractivity contribution in [3.05, 3.63) is 72.6 Å². The van der Waals surface area contributed by atoms with Crippen LogP contribution >= 0.6 is 11.8 Å². The lowest BCUT2D eigenvalue weighted by atomic mass is 10.2. The maximum absolute atomic E-state index is 13.4. The Hall–Kier alpha value is -3.39. The van der Waals surface area contributed by atoms with Crippen molar-refractivity contribution >= 4 is 35.1 Å². The van der Waals surface area contributed by atoms with Crippen molar-refractivity contribution in [2.24, 2.45) is 0 Å². The lowest BCUT2D eigenvalue weighted by molar-refractivity contribution is -0.129. The van der Waals surface area contributed by atoms with Crippen LogP contribution in [0.5, 0.6) is 0 Å². The van der Waals surface area contributed by atoms with Crippen LogP contribution in [0.1, 0.15) is 10.4 Å². The van der Waals surface area contributed by atoms with E-state index in [0.29, 0.717) is 37.4 Å². The largest absolute Gasteiger partial charge is 0.353 e. The Morgan fingerprint density at radius 3 is 2.48 bits per heavy atom. The third-order valence-corrected chi connectivity index (χ3v) is 6.59. The Balaban J connectivity index is 1.34. The Morgan fingerprint density at radius 1 is 0.903 bits per heavy atom. The molecule has 4 heterocycles. The fourth-order valence-electron chi connectivity index (χ4n) is 3.88. The lowest BCUT2D eigenvalue weighted by Gasteiger charge is -2.36. The van der Waals surface area contributed by atoms with Crippen LogP contribution in [0.15, 0.2) is 76.9 Å². The van der Waals surface area contributed by atoms with Gasteiger partial charge in [-0.2, -0.15) is 0 Å². The molecule has 0 bridgehead atoms. The van der Waals surface area contributed by atoms with Crippen LogP contribution in [0.3, 0.4) is 0 Å². The number of anilines is 2. The first-order valence-corrected chi connectivity index (χ1v) is 11.0. The van der Waals surface area contributed by atoms with Gasteiger partial charge in [0.25, 0.3) is 5.91 Å². The molecule has 1 fully saturated rings. The van der Waals surface area contributed by atoms with E-state index >= 15 is 0 Å². The predicted molar refractivity (Wildman–Crippen MR) is 120 cm³/mol. The number of benzene rings is 1. The van der Waals surface area contributed by atoms with E-state index in [9.17, 15) is 9.59 Å². The summed E-state index contributed by atoms with van der Waals surface area (Å²) in [5.74, 6) is 0.689. The number of fused-ring (bicyclic) bond motifs is 2. The van der Waals surface area contributed by atoms with Crippen LogP contribution < -0.4 is 9.80 Å². The normalized spacial score (nSPS) is 15.9. The van der Waals surface area contributed by atoms with Crippen LogP contribution in [0.4, 0.5) is 11.5 Å². The van der Waals surface area contributed by atoms with Gasteiger partial charge in [0, 0.05) is 43.5 Å². The highest BCUT2D eigenvalue weighted by molar-refractivity contribution is 7.99. The number of nitrogens with zero attached hydrogens (tertiary/aromatic N) is 5. The van der Waals surface area contributed by atoms with Crippen molar-refractivity contribution in [3.8, 4) is 0 Å². The molecule has 2 amide bonds. The molecule has 2 aliphatic rings. The first kappa shape index (κ1) is 19.6. The summed E-state index contributed by atoms with van der Waals surface area (Å²) in [6, 6.07) is 17.0. The first-order chi connectivity index (χ1) is 15.2. The minimum atomic E-state index is -0.171. The molecule has 0 atom stereocenters. The summed E-state index contributed by atoms with van der Waals surface area (Å²) in [5, 5.41) is 0.730. The number of carbonyl (C=O) groups excluding carboxylic acids is 2. The van der Waals surface area contributed by atoms with E-state index in [2.05, 4.69) is 14.9 Å². The second-order valence-electron chi connectivity index (χ2n) is 7.37. The molecule has 0 unspecified atom stereocenters. The monoisotopic (exact) mass is 431 g/mol. The maximum Gasteiger partial charge on any atom is 0.259 e. The second-order valence-corrected chi connectivity index (χ2v) is 8.40. The van der Waals surface area contributed by atoms with Crippen LogP contribution in [0.25, 0.3) is 0 Å². The molecule has 0 N–H and O–H groups in total. The predicted octanol–water partition coefficient (Wildman–Crippen LogP) is 2.94. The quantitative estimate of drug-likeness (QED) is 0.635. The van der Waals surface area contributed by atoms with Crippen LogP contribution in [-0.4, -0.2) is 59.4 Å². The van der Waals surface area contributed by atoms with Crippen molar-refractivity contribution in [1.82, 2.24) is 14.9 Å². The number of rotatable bonds is 3. The van der Waals surface area contributed by atoms with Crippen molar-refractivity contribution in [2.75, 3.05) is 42.5 Å². The molecule has 2 aromatic heterocycles. The third kappa shape index (κ3) is 3.86. The van der Waals surface area contributed by atoms with Gasteiger partial charge >= 0.3 is 0 Å². The Morgan fingerprint density at radius 2 is 1.68 bits per heavy atom. The van der Waals surface area contributed by atoms with Gasteiger partial charge in [-0.25, -0.2) is 9.97 Å². The summed E-state index contributed by atoms with van der Waals surface area (Å²) in [5.41, 5.74) is 1.27. The summed E-state index contributed by atoms with van der Waals surface area (Å²) in [7, 11) is 0. The van der Waals surface area contributed by atoms with Gasteiger partial charge in [0.2, 0.25) is 5.91 Å².